The van der Waals surface area contributed by atoms with E-state index in [1.807, 2.05) is 41.3 Å². The highest BCUT2D eigenvalue weighted by molar-refractivity contribution is 6.30. The van der Waals surface area contributed by atoms with E-state index < -0.39 is 0 Å². The monoisotopic (exact) mass is 366 g/mol. The molecule has 0 spiro atoms. The van der Waals surface area contributed by atoms with E-state index in [1.165, 1.54) is 0 Å². The maximum atomic E-state index is 13.0. The molecule has 3 heterocycles. The van der Waals surface area contributed by atoms with E-state index in [0.717, 1.165) is 36.3 Å². The number of hydrogen-bond acceptors (Lipinski definition) is 3. The standard InChI is InChI=1S/C20H19ClN4O/c21-17-6-7-18(22-12-17)14-3-1-4-15(11-14)20(26)25-10-2-5-16(13-25)19-8-9-23-24-19/h1,3-4,6-9,11-12,16H,2,5,10,13H2,(H,23,24)/t16-/m1/s1. The Morgan fingerprint density at radius 3 is 2.92 bits per heavy atom. The van der Waals surface area contributed by atoms with Crippen LogP contribution in [0.5, 0.6) is 0 Å². The van der Waals surface area contributed by atoms with E-state index in [1.54, 1.807) is 18.5 Å². The Balaban J connectivity index is 1.54. The first-order valence-electron chi connectivity index (χ1n) is 8.71. The Kier molecular flexibility index (Phi) is 4.71. The average molecular weight is 367 g/mol. The number of aromatic amines is 1. The van der Waals surface area contributed by atoms with Gasteiger partial charge in [0, 0.05) is 48.2 Å². The molecule has 1 atom stereocenters. The van der Waals surface area contributed by atoms with Crippen molar-refractivity contribution >= 4 is 17.5 Å². The molecule has 1 aliphatic rings. The first kappa shape index (κ1) is 16.8. The predicted molar refractivity (Wildman–Crippen MR) is 101 cm³/mol. The van der Waals surface area contributed by atoms with Crippen LogP contribution in [0.1, 0.15) is 34.8 Å². The van der Waals surface area contributed by atoms with Crippen molar-refractivity contribution in [1.82, 2.24) is 20.1 Å². The van der Waals surface area contributed by atoms with Crippen LogP contribution in [0.4, 0.5) is 0 Å². The smallest absolute Gasteiger partial charge is 0.253 e. The summed E-state index contributed by atoms with van der Waals surface area (Å²) in [6, 6.07) is 13.3. The minimum Gasteiger partial charge on any atom is -0.338 e. The zero-order chi connectivity index (χ0) is 17.9. The summed E-state index contributed by atoms with van der Waals surface area (Å²) < 4.78 is 0. The van der Waals surface area contributed by atoms with Crippen LogP contribution in [0, 0.1) is 0 Å². The normalized spacial score (nSPS) is 17.3. The number of halogens is 1. The number of benzene rings is 1. The summed E-state index contributed by atoms with van der Waals surface area (Å²) in [5.41, 5.74) is 3.50. The molecular formula is C20H19ClN4O. The lowest BCUT2D eigenvalue weighted by molar-refractivity contribution is 0.0706. The number of H-pyrrole nitrogens is 1. The molecule has 5 nitrogen and oxygen atoms in total. The predicted octanol–water partition coefficient (Wildman–Crippen LogP) is 4.14. The molecule has 1 fully saturated rings. The first-order valence-corrected chi connectivity index (χ1v) is 9.09. The Bertz CT molecular complexity index is 892. The fraction of sp³-hybridized carbons (Fsp3) is 0.250. The number of hydrogen-bond donors (Lipinski definition) is 1. The van der Waals surface area contributed by atoms with Crippen molar-refractivity contribution in [3.05, 3.63) is 71.1 Å². The van der Waals surface area contributed by atoms with Crippen molar-refractivity contribution in [2.24, 2.45) is 0 Å². The van der Waals surface area contributed by atoms with Crippen molar-refractivity contribution in [1.29, 1.82) is 0 Å². The minimum absolute atomic E-state index is 0.0602. The molecule has 1 saturated heterocycles. The second kappa shape index (κ2) is 7.30. The molecule has 4 rings (SSSR count). The van der Waals surface area contributed by atoms with Gasteiger partial charge in [0.2, 0.25) is 0 Å². The van der Waals surface area contributed by atoms with Crippen LogP contribution in [-0.4, -0.2) is 39.1 Å². The molecule has 132 valence electrons. The zero-order valence-electron chi connectivity index (χ0n) is 14.2. The lowest BCUT2D eigenvalue weighted by Crippen LogP contribution is -2.39. The number of rotatable bonds is 3. The van der Waals surface area contributed by atoms with Gasteiger partial charge in [0.1, 0.15) is 0 Å². The number of piperidine rings is 1. The first-order chi connectivity index (χ1) is 12.7. The molecule has 0 aliphatic carbocycles. The highest BCUT2D eigenvalue weighted by atomic mass is 35.5. The highest BCUT2D eigenvalue weighted by Crippen LogP contribution is 2.27. The molecule has 1 N–H and O–H groups in total. The van der Waals surface area contributed by atoms with Crippen LogP contribution in [-0.2, 0) is 0 Å². The molecule has 0 bridgehead atoms. The van der Waals surface area contributed by atoms with Gasteiger partial charge in [-0.1, -0.05) is 23.7 Å². The van der Waals surface area contributed by atoms with Crippen molar-refractivity contribution in [2.75, 3.05) is 13.1 Å². The number of carbonyl (C=O) groups excluding carboxylic acids is 1. The van der Waals surface area contributed by atoms with Crippen molar-refractivity contribution < 1.29 is 4.79 Å². The average Bonchev–Trinajstić information content (AvgIpc) is 3.23. The quantitative estimate of drug-likeness (QED) is 0.757. The van der Waals surface area contributed by atoms with Crippen LogP contribution >= 0.6 is 11.6 Å². The number of nitrogens with zero attached hydrogens (tertiary/aromatic N) is 3. The van der Waals surface area contributed by atoms with E-state index in [-0.39, 0.29) is 5.91 Å². The maximum absolute atomic E-state index is 13.0. The van der Waals surface area contributed by atoms with E-state index in [4.69, 9.17) is 11.6 Å². The summed E-state index contributed by atoms with van der Waals surface area (Å²) >= 11 is 5.91. The fourth-order valence-electron chi connectivity index (χ4n) is 3.45. The van der Waals surface area contributed by atoms with Gasteiger partial charge in [-0.3, -0.25) is 14.9 Å². The molecule has 2 aromatic heterocycles. The van der Waals surface area contributed by atoms with Gasteiger partial charge >= 0.3 is 0 Å². The molecule has 0 radical (unpaired) electrons. The molecule has 1 amide bonds. The number of carbonyl (C=O) groups is 1. The Morgan fingerprint density at radius 1 is 1.23 bits per heavy atom. The van der Waals surface area contributed by atoms with Crippen LogP contribution in [0.3, 0.4) is 0 Å². The summed E-state index contributed by atoms with van der Waals surface area (Å²) in [4.78, 5) is 19.3. The van der Waals surface area contributed by atoms with Gasteiger partial charge in [0.25, 0.3) is 5.91 Å². The largest absolute Gasteiger partial charge is 0.338 e. The topological polar surface area (TPSA) is 61.9 Å². The molecule has 26 heavy (non-hydrogen) atoms. The number of amides is 1. The van der Waals surface area contributed by atoms with Crippen molar-refractivity contribution in [3.63, 3.8) is 0 Å². The minimum atomic E-state index is 0.0602. The summed E-state index contributed by atoms with van der Waals surface area (Å²) in [6.45, 7) is 1.50. The Hall–Kier alpha value is -2.66. The van der Waals surface area contributed by atoms with Crippen molar-refractivity contribution in [3.8, 4) is 11.3 Å². The number of nitrogens with one attached hydrogen (secondary N) is 1. The summed E-state index contributed by atoms with van der Waals surface area (Å²) in [5.74, 6) is 0.376. The highest BCUT2D eigenvalue weighted by Gasteiger charge is 2.26. The van der Waals surface area contributed by atoms with Crippen LogP contribution in [0.15, 0.2) is 54.9 Å². The van der Waals surface area contributed by atoms with E-state index in [2.05, 4.69) is 15.2 Å². The second-order valence-corrected chi connectivity index (χ2v) is 6.98. The van der Waals surface area contributed by atoms with Gasteiger partial charge < -0.3 is 4.90 Å². The SMILES string of the molecule is O=C(c1cccc(-c2ccc(Cl)cn2)c1)N1CCC[C@@H](c2ccn[nH]2)C1. The Labute approximate surface area is 157 Å². The molecule has 1 aliphatic heterocycles. The third-order valence-electron chi connectivity index (χ3n) is 4.80. The summed E-state index contributed by atoms with van der Waals surface area (Å²) in [6.07, 6.45) is 5.44. The van der Waals surface area contributed by atoms with Gasteiger partial charge in [0.15, 0.2) is 0 Å². The van der Waals surface area contributed by atoms with Gasteiger partial charge in [0.05, 0.1) is 10.7 Å². The van der Waals surface area contributed by atoms with Crippen LogP contribution in [0.25, 0.3) is 11.3 Å². The van der Waals surface area contributed by atoms with Gasteiger partial charge in [-0.05, 0) is 43.2 Å². The van der Waals surface area contributed by atoms with Crippen molar-refractivity contribution in [2.45, 2.75) is 18.8 Å². The van der Waals surface area contributed by atoms with Crippen LogP contribution in [0.2, 0.25) is 5.02 Å². The third kappa shape index (κ3) is 3.48. The molecular weight excluding hydrogens is 348 g/mol. The number of likely N-dealkylation sites (tertiary alicyclic amines) is 1. The number of aromatic nitrogens is 3. The third-order valence-corrected chi connectivity index (χ3v) is 5.03. The molecule has 1 aromatic carbocycles. The maximum Gasteiger partial charge on any atom is 0.253 e. The Morgan fingerprint density at radius 2 is 2.15 bits per heavy atom. The van der Waals surface area contributed by atoms with Gasteiger partial charge in [-0.2, -0.15) is 5.10 Å². The number of pyridine rings is 1. The van der Waals surface area contributed by atoms with E-state index in [0.29, 0.717) is 23.0 Å². The van der Waals surface area contributed by atoms with Gasteiger partial charge in [-0.15, -0.1) is 0 Å². The van der Waals surface area contributed by atoms with Crippen LogP contribution < -0.4 is 0 Å². The van der Waals surface area contributed by atoms with Gasteiger partial charge in [-0.25, -0.2) is 0 Å². The second-order valence-electron chi connectivity index (χ2n) is 6.54. The zero-order valence-corrected chi connectivity index (χ0v) is 15.0. The lowest BCUT2D eigenvalue weighted by atomic mass is 9.94. The lowest BCUT2D eigenvalue weighted by Gasteiger charge is -2.32. The van der Waals surface area contributed by atoms with E-state index in [9.17, 15) is 4.79 Å². The molecule has 6 heteroatoms. The van der Waals surface area contributed by atoms with E-state index >= 15 is 0 Å². The fourth-order valence-corrected chi connectivity index (χ4v) is 3.56. The molecule has 3 aromatic rings. The molecule has 0 saturated carbocycles. The summed E-state index contributed by atoms with van der Waals surface area (Å²) in [5, 5.41) is 7.66. The summed E-state index contributed by atoms with van der Waals surface area (Å²) in [7, 11) is 0. The molecule has 0 unspecified atom stereocenters.